The van der Waals surface area contributed by atoms with E-state index in [9.17, 15) is 0 Å². The lowest BCUT2D eigenvalue weighted by atomic mass is 9.92. The summed E-state index contributed by atoms with van der Waals surface area (Å²) in [4.78, 5) is 10.7. The molecule has 0 aliphatic heterocycles. The van der Waals surface area contributed by atoms with Crippen molar-refractivity contribution in [2.24, 2.45) is 0 Å². The molecule has 3 heteroatoms. The van der Waals surface area contributed by atoms with Crippen molar-refractivity contribution in [3.8, 4) is 45.0 Å². The van der Waals surface area contributed by atoms with Crippen LogP contribution in [0.1, 0.15) is 0 Å². The normalized spacial score (nSPS) is 11.8. The molecule has 0 amide bonds. The second-order valence-electron chi connectivity index (χ2n) is 13.7. The number of hydrogen-bond donors (Lipinski definition) is 0. The molecule has 0 bridgehead atoms. The first kappa shape index (κ1) is 29.6. The highest BCUT2D eigenvalue weighted by molar-refractivity contribution is 6.20. The zero-order valence-electron chi connectivity index (χ0n) is 28.6. The molecule has 2 heterocycles. The van der Waals surface area contributed by atoms with Gasteiger partial charge in [0.05, 0.1) is 11.4 Å². The van der Waals surface area contributed by atoms with E-state index in [1.807, 2.05) is 6.07 Å². The number of nitrogens with zero attached hydrogens (tertiary/aromatic N) is 2. The highest BCUT2D eigenvalue weighted by atomic mass is 16.3. The smallest absolute Gasteiger partial charge is 0.161 e. The molecule has 0 aliphatic rings. The van der Waals surface area contributed by atoms with E-state index in [0.29, 0.717) is 5.82 Å². The third-order valence-electron chi connectivity index (χ3n) is 10.7. The van der Waals surface area contributed by atoms with Crippen LogP contribution in [0, 0.1) is 0 Å². The van der Waals surface area contributed by atoms with Gasteiger partial charge in [0.15, 0.2) is 5.82 Å². The van der Waals surface area contributed by atoms with Gasteiger partial charge in [0.1, 0.15) is 11.2 Å². The first-order chi connectivity index (χ1) is 26.2. The summed E-state index contributed by atoms with van der Waals surface area (Å²) in [6.45, 7) is 0. The van der Waals surface area contributed by atoms with Crippen LogP contribution >= 0.6 is 0 Å². The van der Waals surface area contributed by atoms with Crippen LogP contribution < -0.4 is 0 Å². The summed E-state index contributed by atoms with van der Waals surface area (Å²) in [7, 11) is 0. The molecule has 9 aromatic carbocycles. The van der Waals surface area contributed by atoms with Crippen molar-refractivity contribution < 1.29 is 4.42 Å². The van der Waals surface area contributed by atoms with E-state index in [1.54, 1.807) is 0 Å². The Morgan fingerprint density at radius 1 is 0.321 bits per heavy atom. The summed E-state index contributed by atoms with van der Waals surface area (Å²) in [6, 6.07) is 64.4. The van der Waals surface area contributed by atoms with Gasteiger partial charge < -0.3 is 4.42 Å². The SMILES string of the molecule is c1ccc(-c2cc(-c3ccc(-c4ccc5oc6ccc7ccccc7c6c5c4)cc3)nc(-c3c4ccccc4cc4c3ccc3ccccc34)n2)cc1. The minimum absolute atomic E-state index is 0.715. The molecule has 53 heavy (non-hydrogen) atoms. The maximum atomic E-state index is 6.28. The molecule has 246 valence electrons. The van der Waals surface area contributed by atoms with Crippen LogP contribution in [-0.2, 0) is 0 Å². The van der Waals surface area contributed by atoms with Crippen LogP contribution in [0.2, 0.25) is 0 Å². The molecule has 11 rings (SSSR count). The largest absolute Gasteiger partial charge is 0.456 e. The minimum Gasteiger partial charge on any atom is -0.456 e. The second-order valence-corrected chi connectivity index (χ2v) is 13.7. The summed E-state index contributed by atoms with van der Waals surface area (Å²) in [6.07, 6.45) is 0. The molecule has 0 spiro atoms. The maximum absolute atomic E-state index is 6.28. The molecule has 0 aliphatic carbocycles. The van der Waals surface area contributed by atoms with E-state index >= 15 is 0 Å². The van der Waals surface area contributed by atoms with E-state index in [1.165, 1.54) is 32.3 Å². The summed E-state index contributed by atoms with van der Waals surface area (Å²) >= 11 is 0. The van der Waals surface area contributed by atoms with Crippen LogP contribution in [0.15, 0.2) is 186 Å². The average molecular weight is 675 g/mol. The predicted octanol–water partition coefficient (Wildman–Crippen LogP) is 13.7. The Balaban J connectivity index is 1.08. The standard InChI is InChI=1S/C50H30N2O/c1-2-12-34(13-3-1)44-30-45(52-50(51-44)49-40-17-9-6-14-37(40)29-42-38-15-7-4-10-32(38)22-25-41(42)49)35-20-18-31(19-21-35)36-24-26-46-43(28-36)48-39-16-8-5-11-33(39)23-27-47(48)53-46/h1-30H. The number of furan rings is 1. The fourth-order valence-corrected chi connectivity index (χ4v) is 8.09. The van der Waals surface area contributed by atoms with Crippen LogP contribution in [0.4, 0.5) is 0 Å². The fraction of sp³-hybridized carbons (Fsp3) is 0. The first-order valence-corrected chi connectivity index (χ1v) is 18.0. The number of rotatable bonds is 4. The Bertz CT molecular complexity index is 3210. The molecule has 0 saturated carbocycles. The van der Waals surface area contributed by atoms with Crippen molar-refractivity contribution >= 4 is 65.0 Å². The van der Waals surface area contributed by atoms with E-state index in [0.717, 1.165) is 71.9 Å². The monoisotopic (exact) mass is 674 g/mol. The van der Waals surface area contributed by atoms with Crippen molar-refractivity contribution in [3.63, 3.8) is 0 Å². The molecular weight excluding hydrogens is 645 g/mol. The van der Waals surface area contributed by atoms with E-state index in [-0.39, 0.29) is 0 Å². The van der Waals surface area contributed by atoms with Crippen molar-refractivity contribution in [1.29, 1.82) is 0 Å². The van der Waals surface area contributed by atoms with Crippen molar-refractivity contribution in [3.05, 3.63) is 182 Å². The highest BCUT2D eigenvalue weighted by Gasteiger charge is 2.18. The summed E-state index contributed by atoms with van der Waals surface area (Å²) < 4.78 is 6.28. The third kappa shape index (κ3) is 4.82. The van der Waals surface area contributed by atoms with Crippen LogP contribution in [0.3, 0.4) is 0 Å². The Hall–Kier alpha value is -7.10. The average Bonchev–Trinajstić information content (AvgIpc) is 3.61. The van der Waals surface area contributed by atoms with Crippen molar-refractivity contribution in [1.82, 2.24) is 9.97 Å². The molecule has 0 unspecified atom stereocenters. The minimum atomic E-state index is 0.715. The molecule has 0 fully saturated rings. The van der Waals surface area contributed by atoms with Gasteiger partial charge in [0.2, 0.25) is 0 Å². The number of benzene rings is 9. The Kier molecular flexibility index (Phi) is 6.55. The fourth-order valence-electron chi connectivity index (χ4n) is 8.09. The highest BCUT2D eigenvalue weighted by Crippen LogP contribution is 2.40. The molecule has 3 nitrogen and oxygen atoms in total. The van der Waals surface area contributed by atoms with Crippen LogP contribution in [-0.4, -0.2) is 9.97 Å². The lowest BCUT2D eigenvalue weighted by Gasteiger charge is -2.15. The lowest BCUT2D eigenvalue weighted by Crippen LogP contribution is -1.98. The zero-order chi connectivity index (χ0) is 34.9. The van der Waals surface area contributed by atoms with Gasteiger partial charge in [-0.2, -0.15) is 0 Å². The first-order valence-electron chi connectivity index (χ1n) is 18.0. The zero-order valence-corrected chi connectivity index (χ0v) is 28.6. The molecule has 11 aromatic rings. The molecule has 0 N–H and O–H groups in total. The molecule has 0 atom stereocenters. The molecule has 0 saturated heterocycles. The Morgan fingerprint density at radius 2 is 0.906 bits per heavy atom. The topological polar surface area (TPSA) is 38.9 Å². The number of aromatic nitrogens is 2. The van der Waals surface area contributed by atoms with Gasteiger partial charge in [0, 0.05) is 27.5 Å². The lowest BCUT2D eigenvalue weighted by molar-refractivity contribution is 0.669. The van der Waals surface area contributed by atoms with Crippen molar-refractivity contribution in [2.45, 2.75) is 0 Å². The van der Waals surface area contributed by atoms with Gasteiger partial charge in [-0.05, 0) is 84.5 Å². The molecular formula is C50H30N2O. The van der Waals surface area contributed by atoms with Gasteiger partial charge in [-0.3, -0.25) is 0 Å². The van der Waals surface area contributed by atoms with Gasteiger partial charge in [-0.1, -0.05) is 152 Å². The molecule has 2 aromatic heterocycles. The van der Waals surface area contributed by atoms with Crippen LogP contribution in [0.25, 0.3) is 110 Å². The van der Waals surface area contributed by atoms with Crippen LogP contribution in [0.5, 0.6) is 0 Å². The van der Waals surface area contributed by atoms with E-state index in [4.69, 9.17) is 14.4 Å². The third-order valence-corrected chi connectivity index (χ3v) is 10.7. The van der Waals surface area contributed by atoms with Gasteiger partial charge >= 0.3 is 0 Å². The summed E-state index contributed by atoms with van der Waals surface area (Å²) in [5.41, 5.74) is 8.98. The summed E-state index contributed by atoms with van der Waals surface area (Å²) in [5, 5.41) is 11.8. The van der Waals surface area contributed by atoms with E-state index in [2.05, 4.69) is 176 Å². The molecule has 0 radical (unpaired) electrons. The number of hydrogen-bond acceptors (Lipinski definition) is 3. The van der Waals surface area contributed by atoms with E-state index < -0.39 is 0 Å². The van der Waals surface area contributed by atoms with Gasteiger partial charge in [-0.15, -0.1) is 0 Å². The second kappa shape index (κ2) is 11.7. The predicted molar refractivity (Wildman–Crippen MR) is 221 cm³/mol. The quantitative estimate of drug-likeness (QED) is 0.138. The maximum Gasteiger partial charge on any atom is 0.161 e. The number of fused-ring (bicyclic) bond motifs is 9. The summed E-state index contributed by atoms with van der Waals surface area (Å²) in [5.74, 6) is 0.715. The van der Waals surface area contributed by atoms with Gasteiger partial charge in [0.25, 0.3) is 0 Å². The van der Waals surface area contributed by atoms with Gasteiger partial charge in [-0.25, -0.2) is 9.97 Å². The Morgan fingerprint density at radius 3 is 1.70 bits per heavy atom. The van der Waals surface area contributed by atoms with Crippen molar-refractivity contribution in [2.75, 3.05) is 0 Å². The Labute approximate surface area is 305 Å².